The Labute approximate surface area is 197 Å². The van der Waals surface area contributed by atoms with Crippen LogP contribution < -0.4 is 9.04 Å². The molecular weight excluding hydrogens is 434 g/mol. The molecular formula is C27H31NO4S. The molecule has 0 aliphatic rings. The van der Waals surface area contributed by atoms with Crippen molar-refractivity contribution < 1.29 is 17.9 Å². The van der Waals surface area contributed by atoms with E-state index in [1.165, 1.54) is 12.1 Å². The van der Waals surface area contributed by atoms with E-state index in [1.807, 2.05) is 24.3 Å². The third kappa shape index (κ3) is 6.23. The third-order valence-corrected chi connectivity index (χ3v) is 7.17. The van der Waals surface area contributed by atoms with Gasteiger partial charge in [-0.05, 0) is 66.3 Å². The highest BCUT2D eigenvalue weighted by Crippen LogP contribution is 2.25. The predicted molar refractivity (Wildman–Crippen MR) is 132 cm³/mol. The molecule has 174 valence electrons. The molecule has 0 bridgehead atoms. The first-order valence-electron chi connectivity index (χ1n) is 11.3. The van der Waals surface area contributed by atoms with E-state index >= 15 is 0 Å². The van der Waals surface area contributed by atoms with Crippen molar-refractivity contribution in [3.8, 4) is 5.75 Å². The van der Waals surface area contributed by atoms with Gasteiger partial charge in [0.2, 0.25) is 0 Å². The second-order valence-corrected chi connectivity index (χ2v) is 10.0. The summed E-state index contributed by atoms with van der Waals surface area (Å²) in [5.74, 6) is 0.236. The lowest BCUT2D eigenvalue weighted by molar-refractivity contribution is -0.119. The normalized spacial score (nSPS) is 11.4. The molecule has 0 fully saturated rings. The lowest BCUT2D eigenvalue weighted by Crippen LogP contribution is -2.40. The van der Waals surface area contributed by atoms with Crippen LogP contribution in [0.15, 0.2) is 83.8 Å². The van der Waals surface area contributed by atoms with Gasteiger partial charge in [-0.25, -0.2) is 8.42 Å². The summed E-state index contributed by atoms with van der Waals surface area (Å²) in [6.07, 6.45) is 3.03. The van der Waals surface area contributed by atoms with Gasteiger partial charge in [0, 0.05) is 0 Å². The Morgan fingerprint density at radius 1 is 0.909 bits per heavy atom. The van der Waals surface area contributed by atoms with E-state index in [0.29, 0.717) is 17.4 Å². The molecule has 3 rings (SSSR count). The molecule has 3 aromatic rings. The van der Waals surface area contributed by atoms with E-state index in [-0.39, 0.29) is 4.90 Å². The van der Waals surface area contributed by atoms with Crippen molar-refractivity contribution in [1.82, 2.24) is 0 Å². The van der Waals surface area contributed by atoms with Gasteiger partial charge in [-0.2, -0.15) is 4.31 Å². The zero-order valence-electron chi connectivity index (χ0n) is 19.4. The Bertz CT molecular complexity index is 1140. The maximum Gasteiger partial charge on any atom is 0.278 e. The topological polar surface area (TPSA) is 63.7 Å². The molecule has 0 N–H and O–H groups in total. The van der Waals surface area contributed by atoms with Crippen LogP contribution in [0.2, 0.25) is 0 Å². The molecule has 0 saturated heterocycles. The molecule has 6 heteroatoms. The van der Waals surface area contributed by atoms with Crippen molar-refractivity contribution in [2.45, 2.75) is 50.8 Å². The van der Waals surface area contributed by atoms with Crippen LogP contribution in [-0.2, 0) is 21.2 Å². The Morgan fingerprint density at radius 3 is 2.12 bits per heavy atom. The third-order valence-electron chi connectivity index (χ3n) is 5.41. The SMILES string of the molecule is CCCCc1ccc(N(C(=O)COc2ccc(C(C)C)cc2)S(=O)(=O)c2ccccc2)cc1. The van der Waals surface area contributed by atoms with Gasteiger partial charge in [-0.15, -0.1) is 0 Å². The van der Waals surface area contributed by atoms with Crippen LogP contribution in [0.4, 0.5) is 5.69 Å². The minimum Gasteiger partial charge on any atom is -0.484 e. The Balaban J connectivity index is 1.87. The van der Waals surface area contributed by atoms with E-state index in [9.17, 15) is 13.2 Å². The summed E-state index contributed by atoms with van der Waals surface area (Å²) < 4.78 is 33.3. The van der Waals surface area contributed by atoms with Gasteiger partial charge in [0.1, 0.15) is 5.75 Å². The van der Waals surface area contributed by atoms with Crippen molar-refractivity contribution in [3.63, 3.8) is 0 Å². The molecule has 1 amide bonds. The number of amides is 1. The summed E-state index contributed by atoms with van der Waals surface area (Å²) in [4.78, 5) is 13.2. The van der Waals surface area contributed by atoms with Gasteiger partial charge in [-0.1, -0.05) is 69.7 Å². The standard InChI is InChI=1S/C27H31NO4S/c1-4-5-9-22-12-16-24(17-13-22)28(33(30,31)26-10-7-6-8-11-26)27(29)20-32-25-18-14-23(15-19-25)21(2)3/h6-8,10-19,21H,4-5,9,20H2,1-3H3. The minimum absolute atomic E-state index is 0.0506. The van der Waals surface area contributed by atoms with E-state index in [4.69, 9.17) is 4.74 Å². The van der Waals surface area contributed by atoms with Crippen LogP contribution in [-0.4, -0.2) is 20.9 Å². The van der Waals surface area contributed by atoms with Crippen LogP contribution >= 0.6 is 0 Å². The molecule has 5 nitrogen and oxygen atoms in total. The first kappa shape index (κ1) is 24.5. The van der Waals surface area contributed by atoms with E-state index in [2.05, 4.69) is 20.8 Å². The van der Waals surface area contributed by atoms with Crippen molar-refractivity contribution in [1.29, 1.82) is 0 Å². The highest BCUT2D eigenvalue weighted by atomic mass is 32.2. The van der Waals surface area contributed by atoms with Crippen LogP contribution in [0.1, 0.15) is 50.7 Å². The number of anilines is 1. The molecule has 0 atom stereocenters. The number of carbonyl (C=O) groups excluding carboxylic acids is 1. The maximum atomic E-state index is 13.4. The first-order valence-corrected chi connectivity index (χ1v) is 12.7. The lowest BCUT2D eigenvalue weighted by atomic mass is 10.0. The molecule has 0 radical (unpaired) electrons. The molecule has 0 aliphatic carbocycles. The molecule has 0 heterocycles. The Kier molecular flexibility index (Phi) is 8.28. The van der Waals surface area contributed by atoms with Gasteiger partial charge < -0.3 is 4.74 Å². The average Bonchev–Trinajstić information content (AvgIpc) is 2.83. The zero-order chi connectivity index (χ0) is 23.8. The van der Waals surface area contributed by atoms with Crippen LogP contribution in [0.3, 0.4) is 0 Å². The summed E-state index contributed by atoms with van der Waals surface area (Å²) >= 11 is 0. The largest absolute Gasteiger partial charge is 0.484 e. The first-order chi connectivity index (χ1) is 15.8. The van der Waals surface area contributed by atoms with Crippen molar-refractivity contribution in [3.05, 3.63) is 90.0 Å². The fraction of sp³-hybridized carbons (Fsp3) is 0.296. The predicted octanol–water partition coefficient (Wildman–Crippen LogP) is 5.95. The molecule has 0 saturated carbocycles. The quantitative estimate of drug-likeness (QED) is 0.371. The number of hydrogen-bond donors (Lipinski definition) is 0. The summed E-state index contributed by atoms with van der Waals surface area (Å²) in [6, 6.07) is 22.5. The smallest absolute Gasteiger partial charge is 0.278 e. The number of rotatable bonds is 10. The number of nitrogens with zero attached hydrogens (tertiary/aromatic N) is 1. The number of carbonyl (C=O) groups is 1. The number of aryl methyl sites for hydroxylation is 1. The van der Waals surface area contributed by atoms with Crippen molar-refractivity contribution >= 4 is 21.6 Å². The molecule has 0 aromatic heterocycles. The number of hydrogen-bond acceptors (Lipinski definition) is 4. The van der Waals surface area contributed by atoms with Gasteiger partial charge >= 0.3 is 0 Å². The number of unbranched alkanes of at least 4 members (excludes halogenated alkanes) is 1. The van der Waals surface area contributed by atoms with Gasteiger partial charge in [-0.3, -0.25) is 4.79 Å². The molecule has 0 spiro atoms. The second-order valence-electron chi connectivity index (χ2n) is 8.26. The van der Waals surface area contributed by atoms with Crippen LogP contribution in [0.5, 0.6) is 5.75 Å². The van der Waals surface area contributed by atoms with Gasteiger partial charge in [0.25, 0.3) is 15.9 Å². The van der Waals surface area contributed by atoms with E-state index < -0.39 is 22.5 Å². The Hall–Kier alpha value is -3.12. The summed E-state index contributed by atoms with van der Waals surface area (Å²) in [5, 5.41) is 0. The van der Waals surface area contributed by atoms with Crippen molar-refractivity contribution in [2.24, 2.45) is 0 Å². The molecule has 0 aliphatic heterocycles. The average molecular weight is 466 g/mol. The Morgan fingerprint density at radius 2 is 1.55 bits per heavy atom. The van der Waals surface area contributed by atoms with Gasteiger partial charge in [0.15, 0.2) is 6.61 Å². The summed E-state index contributed by atoms with van der Waals surface area (Å²) in [7, 11) is -4.10. The lowest BCUT2D eigenvalue weighted by Gasteiger charge is -2.23. The number of benzene rings is 3. The molecule has 33 heavy (non-hydrogen) atoms. The van der Waals surface area contributed by atoms with Crippen LogP contribution in [0.25, 0.3) is 0 Å². The van der Waals surface area contributed by atoms with Gasteiger partial charge in [0.05, 0.1) is 10.6 Å². The second kappa shape index (κ2) is 11.1. The van der Waals surface area contributed by atoms with E-state index in [1.54, 1.807) is 42.5 Å². The highest BCUT2D eigenvalue weighted by molar-refractivity contribution is 7.93. The molecule has 0 unspecified atom stereocenters. The fourth-order valence-corrected chi connectivity index (χ4v) is 4.88. The minimum atomic E-state index is -4.10. The fourth-order valence-electron chi connectivity index (χ4n) is 3.45. The maximum absolute atomic E-state index is 13.4. The zero-order valence-corrected chi connectivity index (χ0v) is 20.2. The summed E-state index contributed by atoms with van der Waals surface area (Å²) in [5.41, 5.74) is 2.56. The monoisotopic (exact) mass is 465 g/mol. The number of sulfonamides is 1. The summed E-state index contributed by atoms with van der Waals surface area (Å²) in [6.45, 7) is 5.92. The van der Waals surface area contributed by atoms with E-state index in [0.717, 1.165) is 34.7 Å². The van der Waals surface area contributed by atoms with Crippen LogP contribution in [0, 0.1) is 0 Å². The number of ether oxygens (including phenoxy) is 1. The molecule has 3 aromatic carbocycles. The van der Waals surface area contributed by atoms with Crippen molar-refractivity contribution in [2.75, 3.05) is 10.9 Å². The highest BCUT2D eigenvalue weighted by Gasteiger charge is 2.31.